The van der Waals surface area contributed by atoms with Crippen LogP contribution in [-0.4, -0.2) is 10.6 Å². The number of benzene rings is 1. The van der Waals surface area contributed by atoms with Crippen molar-refractivity contribution in [3.8, 4) is 0 Å². The molecule has 0 fully saturated rings. The summed E-state index contributed by atoms with van der Waals surface area (Å²) < 4.78 is 2.40. The van der Waals surface area contributed by atoms with Crippen molar-refractivity contribution in [1.82, 2.24) is 4.57 Å². The SMILES string of the molecule is CCC(N)Cc1cccc2ccn(CCC(C)(C)C)c12. The van der Waals surface area contributed by atoms with E-state index in [1.165, 1.54) is 22.9 Å². The largest absolute Gasteiger partial charge is 0.347 e. The fourth-order valence-corrected chi connectivity index (χ4v) is 2.57. The second-order valence-corrected chi connectivity index (χ2v) is 7.05. The molecule has 1 unspecified atom stereocenters. The summed E-state index contributed by atoms with van der Waals surface area (Å²) in [5.74, 6) is 0. The highest BCUT2D eigenvalue weighted by Gasteiger charge is 2.13. The molecular weight excluding hydrogens is 244 g/mol. The minimum absolute atomic E-state index is 0.256. The number of rotatable bonds is 5. The monoisotopic (exact) mass is 272 g/mol. The van der Waals surface area contributed by atoms with Crippen LogP contribution in [0.3, 0.4) is 0 Å². The lowest BCUT2D eigenvalue weighted by atomic mass is 9.92. The van der Waals surface area contributed by atoms with Crippen molar-refractivity contribution in [2.75, 3.05) is 0 Å². The van der Waals surface area contributed by atoms with Gasteiger partial charge in [-0.15, -0.1) is 0 Å². The number of aryl methyl sites for hydroxylation is 1. The zero-order valence-corrected chi connectivity index (χ0v) is 13.3. The van der Waals surface area contributed by atoms with E-state index in [1.54, 1.807) is 0 Å². The standard InChI is InChI=1S/C18H28N2/c1-5-16(19)13-15-8-6-7-14-9-11-20(17(14)15)12-10-18(2,3)4/h6-9,11,16H,5,10,12-13,19H2,1-4H3. The molecule has 110 valence electrons. The number of nitrogens with zero attached hydrogens (tertiary/aromatic N) is 1. The second-order valence-electron chi connectivity index (χ2n) is 7.05. The second kappa shape index (κ2) is 6.01. The van der Waals surface area contributed by atoms with Gasteiger partial charge in [0.05, 0.1) is 5.52 Å². The average Bonchev–Trinajstić information content (AvgIpc) is 2.79. The van der Waals surface area contributed by atoms with Gasteiger partial charge >= 0.3 is 0 Å². The molecule has 2 aromatic rings. The first-order valence-corrected chi connectivity index (χ1v) is 7.73. The molecule has 0 aliphatic carbocycles. The Morgan fingerprint density at radius 1 is 1.20 bits per heavy atom. The van der Waals surface area contributed by atoms with E-state index in [0.717, 1.165) is 19.4 Å². The number of aromatic nitrogens is 1. The minimum atomic E-state index is 0.256. The lowest BCUT2D eigenvalue weighted by molar-refractivity contribution is 0.353. The van der Waals surface area contributed by atoms with Crippen LogP contribution in [0.25, 0.3) is 10.9 Å². The van der Waals surface area contributed by atoms with Crippen LogP contribution in [0.4, 0.5) is 0 Å². The van der Waals surface area contributed by atoms with Crippen LogP contribution in [0.5, 0.6) is 0 Å². The highest BCUT2D eigenvalue weighted by atomic mass is 15.0. The van der Waals surface area contributed by atoms with Gasteiger partial charge in [-0.05, 0) is 41.7 Å². The van der Waals surface area contributed by atoms with Crippen molar-refractivity contribution in [3.05, 3.63) is 36.0 Å². The third kappa shape index (κ3) is 3.63. The molecule has 20 heavy (non-hydrogen) atoms. The minimum Gasteiger partial charge on any atom is -0.347 e. The van der Waals surface area contributed by atoms with Crippen molar-refractivity contribution in [1.29, 1.82) is 0 Å². The third-order valence-electron chi connectivity index (χ3n) is 3.98. The summed E-state index contributed by atoms with van der Waals surface area (Å²) in [6.07, 6.45) is 5.40. The Morgan fingerprint density at radius 3 is 2.60 bits per heavy atom. The van der Waals surface area contributed by atoms with Crippen LogP contribution in [0.2, 0.25) is 0 Å². The summed E-state index contributed by atoms with van der Waals surface area (Å²) >= 11 is 0. The molecule has 2 heteroatoms. The number of nitrogens with two attached hydrogens (primary N) is 1. The van der Waals surface area contributed by atoms with E-state index < -0.39 is 0 Å². The zero-order chi connectivity index (χ0) is 14.8. The highest BCUT2D eigenvalue weighted by molar-refractivity contribution is 5.83. The summed E-state index contributed by atoms with van der Waals surface area (Å²) in [6.45, 7) is 10.1. The van der Waals surface area contributed by atoms with Gasteiger partial charge in [0.25, 0.3) is 0 Å². The maximum absolute atomic E-state index is 6.15. The molecule has 2 rings (SSSR count). The molecule has 0 aliphatic rings. The lowest BCUT2D eigenvalue weighted by Crippen LogP contribution is -2.21. The summed E-state index contributed by atoms with van der Waals surface area (Å²) in [5.41, 5.74) is 9.28. The van der Waals surface area contributed by atoms with Gasteiger partial charge in [-0.25, -0.2) is 0 Å². The maximum atomic E-state index is 6.15. The molecule has 0 bridgehead atoms. The van der Waals surface area contributed by atoms with E-state index in [-0.39, 0.29) is 6.04 Å². The van der Waals surface area contributed by atoms with Gasteiger partial charge in [-0.2, -0.15) is 0 Å². The number of para-hydroxylation sites is 1. The van der Waals surface area contributed by atoms with Crippen LogP contribution in [-0.2, 0) is 13.0 Å². The molecule has 1 atom stereocenters. The van der Waals surface area contributed by atoms with Gasteiger partial charge in [0.15, 0.2) is 0 Å². The molecule has 0 aliphatic heterocycles. The molecule has 0 saturated heterocycles. The fourth-order valence-electron chi connectivity index (χ4n) is 2.57. The van der Waals surface area contributed by atoms with Gasteiger partial charge < -0.3 is 10.3 Å². The zero-order valence-electron chi connectivity index (χ0n) is 13.3. The molecule has 2 N–H and O–H groups in total. The van der Waals surface area contributed by atoms with Gasteiger partial charge in [-0.1, -0.05) is 45.9 Å². The first kappa shape index (κ1) is 15.1. The van der Waals surface area contributed by atoms with Crippen LogP contribution in [0, 0.1) is 5.41 Å². The Hall–Kier alpha value is -1.28. The predicted octanol–water partition coefficient (Wildman–Crippen LogP) is 4.36. The van der Waals surface area contributed by atoms with Crippen LogP contribution in [0.1, 0.15) is 46.1 Å². The first-order valence-electron chi connectivity index (χ1n) is 7.73. The van der Waals surface area contributed by atoms with Gasteiger partial charge in [0.1, 0.15) is 0 Å². The molecule has 0 radical (unpaired) electrons. The predicted molar refractivity (Wildman–Crippen MR) is 88.0 cm³/mol. The number of hydrogen-bond donors (Lipinski definition) is 1. The quantitative estimate of drug-likeness (QED) is 0.861. The maximum Gasteiger partial charge on any atom is 0.0513 e. The van der Waals surface area contributed by atoms with Crippen molar-refractivity contribution < 1.29 is 0 Å². The Balaban J connectivity index is 2.31. The van der Waals surface area contributed by atoms with Crippen LogP contribution >= 0.6 is 0 Å². The van der Waals surface area contributed by atoms with E-state index in [0.29, 0.717) is 5.41 Å². The molecule has 1 heterocycles. The first-order chi connectivity index (χ1) is 9.40. The van der Waals surface area contributed by atoms with Crippen molar-refractivity contribution >= 4 is 10.9 Å². The van der Waals surface area contributed by atoms with Gasteiger partial charge in [0.2, 0.25) is 0 Å². The fraction of sp³-hybridized carbons (Fsp3) is 0.556. The summed E-state index contributed by atoms with van der Waals surface area (Å²) in [4.78, 5) is 0. The topological polar surface area (TPSA) is 30.9 Å². The Bertz CT molecular complexity index is 560. The van der Waals surface area contributed by atoms with Crippen molar-refractivity contribution in [2.45, 2.75) is 59.5 Å². The average molecular weight is 272 g/mol. The summed E-state index contributed by atoms with van der Waals surface area (Å²) in [6, 6.07) is 9.05. The number of fused-ring (bicyclic) bond motifs is 1. The number of hydrogen-bond acceptors (Lipinski definition) is 1. The van der Waals surface area contributed by atoms with Crippen molar-refractivity contribution in [2.24, 2.45) is 11.1 Å². The van der Waals surface area contributed by atoms with Crippen LogP contribution < -0.4 is 5.73 Å². The molecule has 1 aromatic carbocycles. The summed E-state index contributed by atoms with van der Waals surface area (Å²) in [7, 11) is 0. The van der Waals surface area contributed by atoms with E-state index in [9.17, 15) is 0 Å². The van der Waals surface area contributed by atoms with E-state index in [1.807, 2.05) is 0 Å². The Morgan fingerprint density at radius 2 is 1.95 bits per heavy atom. The van der Waals surface area contributed by atoms with E-state index >= 15 is 0 Å². The molecule has 0 spiro atoms. The molecule has 0 saturated carbocycles. The summed E-state index contributed by atoms with van der Waals surface area (Å²) in [5, 5.41) is 1.33. The highest BCUT2D eigenvalue weighted by Crippen LogP contribution is 2.25. The normalized spacial score (nSPS) is 13.8. The van der Waals surface area contributed by atoms with E-state index in [4.69, 9.17) is 5.73 Å². The van der Waals surface area contributed by atoms with E-state index in [2.05, 4.69) is 62.7 Å². The Kier molecular flexibility index (Phi) is 4.54. The smallest absolute Gasteiger partial charge is 0.0513 e. The molecular formula is C18H28N2. The lowest BCUT2D eigenvalue weighted by Gasteiger charge is -2.19. The van der Waals surface area contributed by atoms with Gasteiger partial charge in [-0.3, -0.25) is 0 Å². The van der Waals surface area contributed by atoms with Gasteiger partial charge in [0, 0.05) is 18.8 Å². The van der Waals surface area contributed by atoms with Crippen molar-refractivity contribution in [3.63, 3.8) is 0 Å². The third-order valence-corrected chi connectivity index (χ3v) is 3.98. The van der Waals surface area contributed by atoms with Crippen LogP contribution in [0.15, 0.2) is 30.5 Å². The molecule has 1 aromatic heterocycles. The Labute approximate surface area is 123 Å². The molecule has 2 nitrogen and oxygen atoms in total. The molecule has 0 amide bonds.